The maximum Gasteiger partial charge on any atom is 0.394 e. The Morgan fingerprint density at radius 1 is 1.38 bits per heavy atom. The highest BCUT2D eigenvalue weighted by Gasteiger charge is 2.53. The largest absolute Gasteiger partial charge is 0.493 e. The number of halogens is 4. The van der Waals surface area contributed by atoms with Crippen LogP contribution in [0.2, 0.25) is 5.02 Å². The van der Waals surface area contributed by atoms with Gasteiger partial charge in [-0.15, -0.1) is 0 Å². The van der Waals surface area contributed by atoms with Gasteiger partial charge in [0.25, 0.3) is 0 Å². The quantitative estimate of drug-likeness (QED) is 0.861. The summed E-state index contributed by atoms with van der Waals surface area (Å²) in [6, 6.07) is 3.66. The summed E-state index contributed by atoms with van der Waals surface area (Å²) in [5.41, 5.74) is 0.178. The van der Waals surface area contributed by atoms with E-state index >= 15 is 0 Å². The van der Waals surface area contributed by atoms with Crippen molar-refractivity contribution in [1.29, 1.82) is 0 Å². The molecule has 6 nitrogen and oxygen atoms in total. The van der Waals surface area contributed by atoms with Gasteiger partial charge in [0.1, 0.15) is 0 Å². The molecular formula is C14H14ClF3N2O4. The van der Waals surface area contributed by atoms with E-state index in [-0.39, 0.29) is 16.5 Å². The van der Waals surface area contributed by atoms with Crippen LogP contribution < -0.4 is 10.1 Å². The van der Waals surface area contributed by atoms with Gasteiger partial charge in [0, 0.05) is 13.1 Å². The Kier molecular flexibility index (Phi) is 5.12. The summed E-state index contributed by atoms with van der Waals surface area (Å²) >= 11 is 5.90. The molecule has 0 spiro atoms. The number of alkyl halides is 3. The van der Waals surface area contributed by atoms with E-state index in [0.29, 0.717) is 0 Å². The van der Waals surface area contributed by atoms with Gasteiger partial charge in [-0.25, -0.2) is 4.79 Å². The van der Waals surface area contributed by atoms with Gasteiger partial charge < -0.3 is 20.1 Å². The molecule has 1 fully saturated rings. The number of hydrogen-bond donors (Lipinski definition) is 2. The van der Waals surface area contributed by atoms with Crippen LogP contribution in [0.15, 0.2) is 18.2 Å². The number of carbonyl (C=O) groups excluding carboxylic acids is 1. The van der Waals surface area contributed by atoms with Crippen molar-refractivity contribution in [3.8, 4) is 5.75 Å². The molecule has 1 aromatic rings. The number of rotatable bonds is 3. The van der Waals surface area contributed by atoms with Crippen LogP contribution in [0.5, 0.6) is 5.75 Å². The van der Waals surface area contributed by atoms with E-state index in [0.717, 1.165) is 4.90 Å². The third kappa shape index (κ3) is 3.66. The van der Waals surface area contributed by atoms with E-state index in [1.165, 1.54) is 25.3 Å². The van der Waals surface area contributed by atoms with E-state index in [4.69, 9.17) is 21.4 Å². The van der Waals surface area contributed by atoms with Crippen molar-refractivity contribution in [3.63, 3.8) is 0 Å². The lowest BCUT2D eigenvalue weighted by Gasteiger charge is -2.19. The molecule has 0 saturated carbocycles. The number of para-hydroxylation sites is 1. The Bertz CT molecular complexity index is 653. The third-order valence-electron chi connectivity index (χ3n) is 3.76. The first-order valence-electron chi connectivity index (χ1n) is 6.83. The molecule has 0 bridgehead atoms. The molecule has 24 heavy (non-hydrogen) atoms. The molecule has 1 heterocycles. The molecule has 2 rings (SSSR count). The number of urea groups is 1. The average molecular weight is 367 g/mol. The summed E-state index contributed by atoms with van der Waals surface area (Å²) in [6.07, 6.45) is -4.70. The Morgan fingerprint density at radius 3 is 2.54 bits per heavy atom. The second-order valence-corrected chi connectivity index (χ2v) is 5.66. The van der Waals surface area contributed by atoms with Crippen LogP contribution in [0, 0.1) is 11.8 Å². The van der Waals surface area contributed by atoms with Crippen LogP contribution in [-0.2, 0) is 4.79 Å². The lowest BCUT2D eigenvalue weighted by molar-refractivity contribution is -0.187. The molecule has 1 aliphatic heterocycles. The number of anilines is 1. The molecular weight excluding hydrogens is 353 g/mol. The van der Waals surface area contributed by atoms with Crippen molar-refractivity contribution in [2.75, 3.05) is 25.5 Å². The smallest absolute Gasteiger partial charge is 0.394 e. The fraction of sp³-hybridized carbons (Fsp3) is 0.429. The first-order valence-corrected chi connectivity index (χ1v) is 7.21. The topological polar surface area (TPSA) is 78.9 Å². The van der Waals surface area contributed by atoms with Crippen molar-refractivity contribution >= 4 is 29.3 Å². The number of carbonyl (C=O) groups is 2. The van der Waals surface area contributed by atoms with Crippen molar-refractivity contribution in [2.24, 2.45) is 11.8 Å². The highest BCUT2D eigenvalue weighted by Crippen LogP contribution is 2.38. The zero-order chi connectivity index (χ0) is 18.1. The number of ether oxygens (including phenoxy) is 1. The number of hydrogen-bond acceptors (Lipinski definition) is 3. The van der Waals surface area contributed by atoms with Crippen LogP contribution >= 0.6 is 11.6 Å². The number of benzene rings is 1. The van der Waals surface area contributed by atoms with E-state index in [2.05, 4.69) is 5.32 Å². The summed E-state index contributed by atoms with van der Waals surface area (Å²) in [7, 11) is 1.33. The fourth-order valence-corrected chi connectivity index (χ4v) is 2.81. The van der Waals surface area contributed by atoms with E-state index in [1.54, 1.807) is 0 Å². The van der Waals surface area contributed by atoms with Crippen LogP contribution in [0.3, 0.4) is 0 Å². The monoisotopic (exact) mass is 366 g/mol. The number of methoxy groups -OCH3 is 1. The fourth-order valence-electron chi connectivity index (χ4n) is 2.56. The number of likely N-dealkylation sites (tertiary alicyclic amines) is 1. The van der Waals surface area contributed by atoms with Gasteiger partial charge in [0.15, 0.2) is 5.75 Å². The SMILES string of the molecule is COc1c(Cl)cccc1NC(=O)N1C[C@@H](C(F)(F)F)[C@H](C(=O)O)C1. The van der Waals surface area contributed by atoms with Gasteiger partial charge in [-0.1, -0.05) is 17.7 Å². The standard InChI is InChI=1S/C14H14ClF3N2O4/c1-24-11-9(15)3-2-4-10(11)19-13(23)20-5-7(12(21)22)8(6-20)14(16,17)18/h2-4,7-8H,5-6H2,1H3,(H,19,23)(H,21,22)/t7-,8-/m1/s1. The van der Waals surface area contributed by atoms with E-state index in [1.807, 2.05) is 0 Å². The first-order chi connectivity index (χ1) is 11.1. The van der Waals surface area contributed by atoms with Gasteiger partial charge in [-0.3, -0.25) is 4.79 Å². The Balaban J connectivity index is 2.17. The summed E-state index contributed by atoms with van der Waals surface area (Å²) < 4.78 is 43.9. The number of nitrogens with zero attached hydrogens (tertiary/aromatic N) is 1. The molecule has 2 amide bonds. The molecule has 132 valence electrons. The molecule has 1 aromatic carbocycles. The van der Waals surface area contributed by atoms with Crippen molar-refractivity contribution in [2.45, 2.75) is 6.18 Å². The summed E-state index contributed by atoms with van der Waals surface area (Å²) in [5.74, 6) is -5.24. The second kappa shape index (κ2) is 6.76. The number of amides is 2. The lowest BCUT2D eigenvalue weighted by atomic mass is 9.96. The van der Waals surface area contributed by atoms with Gasteiger partial charge in [0.05, 0.1) is 29.7 Å². The van der Waals surface area contributed by atoms with E-state index < -0.39 is 43.1 Å². The molecule has 2 atom stereocenters. The summed E-state index contributed by atoms with van der Waals surface area (Å²) in [4.78, 5) is 24.0. The normalized spacial score (nSPS) is 20.8. The van der Waals surface area contributed by atoms with Crippen LogP contribution in [-0.4, -0.2) is 48.4 Å². The van der Waals surface area contributed by atoms with Crippen molar-refractivity contribution in [1.82, 2.24) is 4.90 Å². The minimum atomic E-state index is -4.70. The minimum Gasteiger partial charge on any atom is -0.493 e. The predicted molar refractivity (Wildman–Crippen MR) is 79.3 cm³/mol. The predicted octanol–water partition coefficient (Wildman–Crippen LogP) is 3.08. The molecule has 0 radical (unpaired) electrons. The highest BCUT2D eigenvalue weighted by molar-refractivity contribution is 6.32. The Hall–Kier alpha value is -2.16. The van der Waals surface area contributed by atoms with Crippen LogP contribution in [0.1, 0.15) is 0 Å². The lowest BCUT2D eigenvalue weighted by Crippen LogP contribution is -2.35. The number of carboxylic acid groups (broad SMARTS) is 1. The van der Waals surface area contributed by atoms with Gasteiger partial charge >= 0.3 is 18.2 Å². The maximum atomic E-state index is 12.9. The second-order valence-electron chi connectivity index (χ2n) is 5.25. The highest BCUT2D eigenvalue weighted by atomic mass is 35.5. The first kappa shape index (κ1) is 18.2. The number of nitrogens with one attached hydrogen (secondary N) is 1. The molecule has 1 saturated heterocycles. The van der Waals surface area contributed by atoms with Gasteiger partial charge in [-0.05, 0) is 12.1 Å². The van der Waals surface area contributed by atoms with Crippen molar-refractivity contribution < 1.29 is 32.6 Å². The maximum absolute atomic E-state index is 12.9. The van der Waals surface area contributed by atoms with E-state index in [9.17, 15) is 22.8 Å². The van der Waals surface area contributed by atoms with Crippen LogP contribution in [0.25, 0.3) is 0 Å². The summed E-state index contributed by atoms with van der Waals surface area (Å²) in [6.45, 7) is -1.26. The molecule has 0 aromatic heterocycles. The average Bonchev–Trinajstić information content (AvgIpc) is 2.93. The Morgan fingerprint density at radius 2 is 2.04 bits per heavy atom. The van der Waals surface area contributed by atoms with Crippen LogP contribution in [0.4, 0.5) is 23.7 Å². The summed E-state index contributed by atoms with van der Waals surface area (Å²) in [5, 5.41) is 11.6. The molecule has 0 unspecified atom stereocenters. The van der Waals surface area contributed by atoms with Crippen molar-refractivity contribution in [3.05, 3.63) is 23.2 Å². The molecule has 1 aliphatic rings. The zero-order valence-electron chi connectivity index (χ0n) is 12.4. The third-order valence-corrected chi connectivity index (χ3v) is 4.06. The molecule has 10 heteroatoms. The number of aliphatic carboxylic acids is 1. The zero-order valence-corrected chi connectivity index (χ0v) is 13.2. The van der Waals surface area contributed by atoms with Gasteiger partial charge in [0.2, 0.25) is 0 Å². The molecule has 2 N–H and O–H groups in total. The van der Waals surface area contributed by atoms with Gasteiger partial charge in [-0.2, -0.15) is 13.2 Å². The number of carboxylic acids is 1. The minimum absolute atomic E-state index is 0.161. The molecule has 0 aliphatic carbocycles. The Labute approximate surface area is 140 Å².